The molecule has 114 valence electrons. The fourth-order valence-electron chi connectivity index (χ4n) is 1.90. The number of hydrogen-bond donors (Lipinski definition) is 1. The van der Waals surface area contributed by atoms with Gasteiger partial charge < -0.3 is 10.3 Å². The minimum atomic E-state index is -0.226. The molecule has 2 aromatic rings. The predicted molar refractivity (Wildman–Crippen MR) is 81.5 cm³/mol. The maximum absolute atomic E-state index is 12.8. The van der Waals surface area contributed by atoms with Crippen molar-refractivity contribution < 1.29 is 8.91 Å². The molecule has 0 aliphatic carbocycles. The van der Waals surface area contributed by atoms with E-state index in [1.807, 2.05) is 0 Å². The summed E-state index contributed by atoms with van der Waals surface area (Å²) in [6.07, 6.45) is 5.23. The molecule has 2 rings (SSSR count). The highest BCUT2D eigenvalue weighted by molar-refractivity contribution is 7.98. The number of nitrogens with two attached hydrogens (primary N) is 1. The average Bonchev–Trinajstić information content (AvgIpc) is 2.94. The number of hydrogen-bond acceptors (Lipinski definition) is 5. The van der Waals surface area contributed by atoms with Gasteiger partial charge in [0.2, 0.25) is 5.89 Å². The minimum Gasteiger partial charge on any atom is -0.339 e. The molecule has 0 amide bonds. The Hall–Kier alpha value is -1.40. The first-order valence-electron chi connectivity index (χ1n) is 7.18. The summed E-state index contributed by atoms with van der Waals surface area (Å²) in [5, 5.41) is 3.96. The van der Waals surface area contributed by atoms with Crippen LogP contribution >= 0.6 is 11.8 Å². The Bertz CT molecular complexity index is 530. The SMILES string of the molecule is NCCCCCCc1nc(CSc2ccc(F)cc2)no1. The second-order valence-corrected chi connectivity index (χ2v) is 5.85. The van der Waals surface area contributed by atoms with Crippen LogP contribution in [0.1, 0.15) is 37.4 Å². The summed E-state index contributed by atoms with van der Waals surface area (Å²) in [5.74, 6) is 1.78. The molecule has 0 unspecified atom stereocenters. The number of rotatable bonds is 9. The summed E-state index contributed by atoms with van der Waals surface area (Å²) < 4.78 is 18.0. The standard InChI is InChI=1S/C15H20FN3OS/c16-12-6-8-13(9-7-12)21-11-14-18-15(20-19-14)5-3-1-2-4-10-17/h6-9H,1-5,10-11,17H2. The first-order chi connectivity index (χ1) is 10.3. The molecule has 0 saturated heterocycles. The molecule has 0 spiro atoms. The van der Waals surface area contributed by atoms with Gasteiger partial charge in [-0.15, -0.1) is 11.8 Å². The van der Waals surface area contributed by atoms with E-state index in [1.54, 1.807) is 23.9 Å². The van der Waals surface area contributed by atoms with Gasteiger partial charge in [0.05, 0.1) is 5.75 Å². The van der Waals surface area contributed by atoms with Crippen LogP contribution < -0.4 is 5.73 Å². The number of benzene rings is 1. The van der Waals surface area contributed by atoms with E-state index in [0.717, 1.165) is 43.5 Å². The molecule has 21 heavy (non-hydrogen) atoms. The number of halogens is 1. The van der Waals surface area contributed by atoms with Gasteiger partial charge in [0, 0.05) is 11.3 Å². The molecule has 6 heteroatoms. The molecule has 0 bridgehead atoms. The van der Waals surface area contributed by atoms with Crippen LogP contribution in [0.15, 0.2) is 33.7 Å². The maximum Gasteiger partial charge on any atom is 0.226 e. The van der Waals surface area contributed by atoms with Crippen molar-refractivity contribution in [3.05, 3.63) is 41.8 Å². The zero-order valence-corrected chi connectivity index (χ0v) is 12.7. The highest BCUT2D eigenvalue weighted by atomic mass is 32.2. The van der Waals surface area contributed by atoms with Crippen LogP contribution in [0, 0.1) is 5.82 Å². The van der Waals surface area contributed by atoms with Crippen molar-refractivity contribution in [1.82, 2.24) is 10.1 Å². The Balaban J connectivity index is 1.71. The monoisotopic (exact) mass is 309 g/mol. The summed E-state index contributed by atoms with van der Waals surface area (Å²) in [5.41, 5.74) is 5.45. The Morgan fingerprint density at radius 2 is 1.86 bits per heavy atom. The van der Waals surface area contributed by atoms with Gasteiger partial charge >= 0.3 is 0 Å². The van der Waals surface area contributed by atoms with Gasteiger partial charge in [-0.05, 0) is 43.7 Å². The van der Waals surface area contributed by atoms with Crippen LogP contribution in [-0.4, -0.2) is 16.7 Å². The van der Waals surface area contributed by atoms with Gasteiger partial charge in [-0.2, -0.15) is 4.98 Å². The first-order valence-corrected chi connectivity index (χ1v) is 8.16. The molecule has 1 aromatic heterocycles. The minimum absolute atomic E-state index is 0.226. The third kappa shape index (κ3) is 5.85. The van der Waals surface area contributed by atoms with E-state index in [1.165, 1.54) is 12.1 Å². The Morgan fingerprint density at radius 3 is 2.62 bits per heavy atom. The van der Waals surface area contributed by atoms with Crippen LogP contribution in [0.2, 0.25) is 0 Å². The Kier molecular flexibility index (Phi) is 6.69. The lowest BCUT2D eigenvalue weighted by Crippen LogP contribution is -1.97. The maximum atomic E-state index is 12.8. The fraction of sp³-hybridized carbons (Fsp3) is 0.467. The highest BCUT2D eigenvalue weighted by Gasteiger charge is 2.06. The van der Waals surface area contributed by atoms with Crippen molar-refractivity contribution in [3.63, 3.8) is 0 Å². The van der Waals surface area contributed by atoms with Crippen molar-refractivity contribution in [2.75, 3.05) is 6.54 Å². The molecule has 0 radical (unpaired) electrons. The van der Waals surface area contributed by atoms with Gasteiger partial charge in [-0.25, -0.2) is 4.39 Å². The van der Waals surface area contributed by atoms with Crippen molar-refractivity contribution in [2.45, 2.75) is 42.8 Å². The summed E-state index contributed by atoms with van der Waals surface area (Å²) in [6.45, 7) is 0.755. The summed E-state index contributed by atoms with van der Waals surface area (Å²) in [4.78, 5) is 5.35. The molecule has 0 saturated carbocycles. The Labute approximate surface area is 128 Å². The lowest BCUT2D eigenvalue weighted by Gasteiger charge is -1.97. The van der Waals surface area contributed by atoms with Gasteiger partial charge in [-0.3, -0.25) is 0 Å². The zero-order chi connectivity index (χ0) is 14.9. The summed E-state index contributed by atoms with van der Waals surface area (Å²) >= 11 is 1.56. The van der Waals surface area contributed by atoms with Crippen LogP contribution in [0.5, 0.6) is 0 Å². The van der Waals surface area contributed by atoms with Crippen LogP contribution in [-0.2, 0) is 12.2 Å². The van der Waals surface area contributed by atoms with Crippen molar-refractivity contribution >= 4 is 11.8 Å². The van der Waals surface area contributed by atoms with Crippen LogP contribution in [0.3, 0.4) is 0 Å². The second kappa shape index (κ2) is 8.79. The molecule has 0 atom stereocenters. The normalized spacial score (nSPS) is 11.0. The van der Waals surface area contributed by atoms with Gasteiger partial charge in [0.25, 0.3) is 0 Å². The predicted octanol–water partition coefficient (Wildman–Crippen LogP) is 3.56. The van der Waals surface area contributed by atoms with Crippen LogP contribution in [0.25, 0.3) is 0 Å². The second-order valence-electron chi connectivity index (χ2n) is 4.80. The quantitative estimate of drug-likeness (QED) is 0.567. The smallest absolute Gasteiger partial charge is 0.226 e. The lowest BCUT2D eigenvalue weighted by atomic mass is 10.1. The molecule has 0 fully saturated rings. The van der Waals surface area contributed by atoms with E-state index in [2.05, 4.69) is 10.1 Å². The lowest BCUT2D eigenvalue weighted by molar-refractivity contribution is 0.370. The molecule has 0 aliphatic heterocycles. The molecular formula is C15H20FN3OS. The van der Waals surface area contributed by atoms with E-state index >= 15 is 0 Å². The van der Waals surface area contributed by atoms with E-state index in [9.17, 15) is 4.39 Å². The third-order valence-corrected chi connectivity index (χ3v) is 4.04. The number of aryl methyl sites for hydroxylation is 1. The Morgan fingerprint density at radius 1 is 1.10 bits per heavy atom. The fourth-order valence-corrected chi connectivity index (χ4v) is 2.64. The molecule has 2 N–H and O–H groups in total. The average molecular weight is 309 g/mol. The number of unbranched alkanes of at least 4 members (excludes halogenated alkanes) is 3. The topological polar surface area (TPSA) is 64.9 Å². The third-order valence-electron chi connectivity index (χ3n) is 3.04. The van der Waals surface area contributed by atoms with Crippen molar-refractivity contribution in [3.8, 4) is 0 Å². The van der Waals surface area contributed by atoms with E-state index in [0.29, 0.717) is 17.5 Å². The number of thioether (sulfide) groups is 1. The molecule has 0 aliphatic rings. The summed E-state index contributed by atoms with van der Waals surface area (Å²) in [7, 11) is 0. The number of nitrogens with zero attached hydrogens (tertiary/aromatic N) is 2. The van der Waals surface area contributed by atoms with E-state index in [-0.39, 0.29) is 5.82 Å². The zero-order valence-electron chi connectivity index (χ0n) is 11.9. The van der Waals surface area contributed by atoms with Crippen molar-refractivity contribution in [1.29, 1.82) is 0 Å². The molecule has 1 aromatic carbocycles. The van der Waals surface area contributed by atoms with Gasteiger partial charge in [0.1, 0.15) is 5.82 Å². The van der Waals surface area contributed by atoms with Crippen LogP contribution in [0.4, 0.5) is 4.39 Å². The van der Waals surface area contributed by atoms with Gasteiger partial charge in [0.15, 0.2) is 5.82 Å². The van der Waals surface area contributed by atoms with E-state index < -0.39 is 0 Å². The highest BCUT2D eigenvalue weighted by Crippen LogP contribution is 2.21. The largest absolute Gasteiger partial charge is 0.339 e. The summed E-state index contributed by atoms with van der Waals surface area (Å²) in [6, 6.07) is 6.40. The first kappa shape index (κ1) is 16.0. The van der Waals surface area contributed by atoms with Gasteiger partial charge in [-0.1, -0.05) is 18.0 Å². The molecule has 1 heterocycles. The van der Waals surface area contributed by atoms with E-state index in [4.69, 9.17) is 10.3 Å². The molecular weight excluding hydrogens is 289 g/mol. The van der Waals surface area contributed by atoms with Crippen molar-refractivity contribution in [2.24, 2.45) is 5.73 Å². The molecule has 4 nitrogen and oxygen atoms in total. The number of aromatic nitrogens is 2.